The Bertz CT molecular complexity index is 696. The summed E-state index contributed by atoms with van der Waals surface area (Å²) in [5.41, 5.74) is 1.73. The normalized spacial score (nSPS) is 13.0. The first kappa shape index (κ1) is 18.6. The second kappa shape index (κ2) is 8.42. The van der Waals surface area contributed by atoms with E-state index < -0.39 is 15.9 Å². The number of nitrogens with one attached hydrogen (secondary N) is 1. The average molecular weight is 389 g/mol. The smallest absolute Gasteiger partial charge is 0.407 e. The molecule has 8 heteroatoms. The van der Waals surface area contributed by atoms with E-state index in [0.717, 1.165) is 11.3 Å². The molecule has 5 nitrogen and oxygen atoms in total. The molecule has 128 valence electrons. The van der Waals surface area contributed by atoms with E-state index in [9.17, 15) is 4.79 Å². The highest BCUT2D eigenvalue weighted by atomic mass is 35.6. The molecule has 2 aromatic rings. The van der Waals surface area contributed by atoms with Gasteiger partial charge in [-0.2, -0.15) is 5.10 Å². The molecule has 1 aromatic carbocycles. The van der Waals surface area contributed by atoms with Crippen molar-refractivity contribution in [2.75, 3.05) is 6.61 Å². The number of aromatic nitrogens is 2. The number of amides is 1. The number of carbonyl (C=O) groups is 1. The molecule has 0 aliphatic rings. The third kappa shape index (κ3) is 5.44. The molecule has 0 saturated heterocycles. The number of nitrogens with zero attached hydrogens (tertiary/aromatic N) is 2. The standard InChI is InChI=1S/C16H16Cl3N3O2/c1-2-24-15(23)21-14(16(17,18)19)9-8-12-10-20-22(11-12)13-6-4-3-5-7-13/h3-11,14H,2H2,1H3,(H,21,23)/b9-8-. The lowest BCUT2D eigenvalue weighted by atomic mass is 10.2. The van der Waals surface area contributed by atoms with Crippen molar-refractivity contribution >= 4 is 47.0 Å². The summed E-state index contributed by atoms with van der Waals surface area (Å²) in [4.78, 5) is 11.5. The Balaban J connectivity index is 2.11. The van der Waals surface area contributed by atoms with Gasteiger partial charge in [-0.25, -0.2) is 9.48 Å². The lowest BCUT2D eigenvalue weighted by Gasteiger charge is -2.21. The number of benzene rings is 1. The summed E-state index contributed by atoms with van der Waals surface area (Å²) in [6, 6.07) is 8.81. The minimum atomic E-state index is -1.71. The first-order valence-electron chi connectivity index (χ1n) is 7.18. The van der Waals surface area contributed by atoms with Gasteiger partial charge in [-0.1, -0.05) is 65.2 Å². The minimum absolute atomic E-state index is 0.228. The van der Waals surface area contributed by atoms with Crippen LogP contribution < -0.4 is 5.32 Å². The van der Waals surface area contributed by atoms with Crippen LogP contribution in [0.1, 0.15) is 12.5 Å². The average Bonchev–Trinajstić information content (AvgIpc) is 3.00. The molecule has 0 aliphatic carbocycles. The molecule has 1 aromatic heterocycles. The Labute approximate surface area is 155 Å². The molecule has 0 saturated carbocycles. The van der Waals surface area contributed by atoms with E-state index in [-0.39, 0.29) is 6.61 Å². The zero-order chi connectivity index (χ0) is 17.6. The zero-order valence-electron chi connectivity index (χ0n) is 12.8. The lowest BCUT2D eigenvalue weighted by Crippen LogP contribution is -2.42. The third-order valence-corrected chi connectivity index (χ3v) is 3.71. The van der Waals surface area contributed by atoms with Crippen LogP contribution >= 0.6 is 34.8 Å². The Morgan fingerprint density at radius 3 is 2.71 bits per heavy atom. The molecule has 1 amide bonds. The van der Waals surface area contributed by atoms with Gasteiger partial charge in [0.25, 0.3) is 0 Å². The van der Waals surface area contributed by atoms with Gasteiger partial charge < -0.3 is 10.1 Å². The minimum Gasteiger partial charge on any atom is -0.450 e. The number of alkyl carbamates (subject to hydrolysis) is 1. The maximum Gasteiger partial charge on any atom is 0.407 e. The molecule has 1 heterocycles. The summed E-state index contributed by atoms with van der Waals surface area (Å²) in [6.07, 6.45) is 6.13. The molecule has 2 rings (SSSR count). The second-order valence-corrected chi connectivity index (χ2v) is 7.17. The Morgan fingerprint density at radius 2 is 2.08 bits per heavy atom. The zero-order valence-corrected chi connectivity index (χ0v) is 15.1. The first-order chi connectivity index (χ1) is 11.4. The van der Waals surface area contributed by atoms with Crippen molar-refractivity contribution in [3.8, 4) is 5.69 Å². The summed E-state index contributed by atoms with van der Waals surface area (Å²) >= 11 is 17.7. The van der Waals surface area contributed by atoms with Crippen molar-refractivity contribution in [1.29, 1.82) is 0 Å². The van der Waals surface area contributed by atoms with Crippen molar-refractivity contribution < 1.29 is 9.53 Å². The van der Waals surface area contributed by atoms with E-state index >= 15 is 0 Å². The molecular weight excluding hydrogens is 373 g/mol. The fourth-order valence-electron chi connectivity index (χ4n) is 1.89. The Kier molecular flexibility index (Phi) is 6.54. The van der Waals surface area contributed by atoms with Crippen LogP contribution in [0.15, 0.2) is 48.8 Å². The van der Waals surface area contributed by atoms with Crippen molar-refractivity contribution in [2.24, 2.45) is 0 Å². The summed E-state index contributed by atoms with van der Waals surface area (Å²) in [6.45, 7) is 1.92. The Hall–Kier alpha value is -1.69. The van der Waals surface area contributed by atoms with Crippen LogP contribution in [0.2, 0.25) is 0 Å². The van der Waals surface area contributed by atoms with Crippen LogP contribution in [0.5, 0.6) is 0 Å². The number of hydrogen-bond acceptors (Lipinski definition) is 3. The predicted molar refractivity (Wildman–Crippen MR) is 96.8 cm³/mol. The molecule has 1 atom stereocenters. The summed E-state index contributed by atoms with van der Waals surface area (Å²) < 4.78 is 4.82. The molecule has 0 fully saturated rings. The van der Waals surface area contributed by atoms with Crippen molar-refractivity contribution in [2.45, 2.75) is 16.8 Å². The summed E-state index contributed by atoms with van der Waals surface area (Å²) in [7, 11) is 0. The van der Waals surface area contributed by atoms with Crippen LogP contribution in [0.4, 0.5) is 4.79 Å². The van der Waals surface area contributed by atoms with E-state index in [4.69, 9.17) is 39.5 Å². The number of alkyl halides is 3. The predicted octanol–water partition coefficient (Wildman–Crippen LogP) is 4.37. The molecule has 0 radical (unpaired) electrons. The quantitative estimate of drug-likeness (QED) is 0.774. The van der Waals surface area contributed by atoms with Gasteiger partial charge in [0, 0.05) is 11.8 Å². The van der Waals surface area contributed by atoms with Crippen LogP contribution in [-0.2, 0) is 4.74 Å². The maximum atomic E-state index is 11.5. The monoisotopic (exact) mass is 387 g/mol. The van der Waals surface area contributed by atoms with Gasteiger partial charge in [0.1, 0.15) is 0 Å². The molecule has 0 bridgehead atoms. The number of ether oxygens (including phenoxy) is 1. The SMILES string of the molecule is CCOC(=O)NC(/C=C\c1cnn(-c2ccccc2)c1)C(Cl)(Cl)Cl. The lowest BCUT2D eigenvalue weighted by molar-refractivity contribution is 0.150. The van der Waals surface area contributed by atoms with E-state index in [1.54, 1.807) is 30.0 Å². The summed E-state index contributed by atoms with van der Waals surface area (Å²) in [5.74, 6) is 0. The summed E-state index contributed by atoms with van der Waals surface area (Å²) in [5, 5.41) is 6.77. The number of hydrogen-bond donors (Lipinski definition) is 1. The molecular formula is C16H16Cl3N3O2. The maximum absolute atomic E-state index is 11.5. The molecule has 0 spiro atoms. The van der Waals surface area contributed by atoms with E-state index in [2.05, 4.69) is 10.4 Å². The third-order valence-electron chi connectivity index (χ3n) is 3.01. The van der Waals surface area contributed by atoms with Gasteiger partial charge in [-0.15, -0.1) is 0 Å². The van der Waals surface area contributed by atoms with Crippen LogP contribution in [0, 0.1) is 0 Å². The number of carbonyl (C=O) groups excluding carboxylic acids is 1. The highest BCUT2D eigenvalue weighted by Gasteiger charge is 2.32. The van der Waals surface area contributed by atoms with E-state index in [1.165, 1.54) is 0 Å². The number of rotatable bonds is 5. The van der Waals surface area contributed by atoms with Gasteiger partial charge in [-0.05, 0) is 19.1 Å². The highest BCUT2D eigenvalue weighted by Crippen LogP contribution is 2.31. The van der Waals surface area contributed by atoms with E-state index in [1.807, 2.05) is 36.5 Å². The van der Waals surface area contributed by atoms with Crippen molar-refractivity contribution in [3.63, 3.8) is 0 Å². The highest BCUT2D eigenvalue weighted by molar-refractivity contribution is 6.68. The number of halogens is 3. The van der Waals surface area contributed by atoms with Crippen molar-refractivity contribution in [3.05, 3.63) is 54.4 Å². The van der Waals surface area contributed by atoms with Gasteiger partial charge in [-0.3, -0.25) is 0 Å². The topological polar surface area (TPSA) is 56.1 Å². The fraction of sp³-hybridized carbons (Fsp3) is 0.250. The van der Waals surface area contributed by atoms with Gasteiger partial charge in [0.2, 0.25) is 3.79 Å². The van der Waals surface area contributed by atoms with E-state index in [0.29, 0.717) is 0 Å². The molecule has 0 aliphatic heterocycles. The Morgan fingerprint density at radius 1 is 1.38 bits per heavy atom. The van der Waals surface area contributed by atoms with Crippen LogP contribution in [-0.4, -0.2) is 32.3 Å². The molecule has 24 heavy (non-hydrogen) atoms. The van der Waals surface area contributed by atoms with Crippen LogP contribution in [0.3, 0.4) is 0 Å². The fourth-order valence-corrected chi connectivity index (χ4v) is 2.27. The van der Waals surface area contributed by atoms with Gasteiger partial charge in [0.15, 0.2) is 0 Å². The first-order valence-corrected chi connectivity index (χ1v) is 8.32. The van der Waals surface area contributed by atoms with Gasteiger partial charge >= 0.3 is 6.09 Å². The largest absolute Gasteiger partial charge is 0.450 e. The van der Waals surface area contributed by atoms with Crippen LogP contribution in [0.25, 0.3) is 11.8 Å². The molecule has 1 unspecified atom stereocenters. The molecule has 1 N–H and O–H groups in total. The van der Waals surface area contributed by atoms with Crippen molar-refractivity contribution in [1.82, 2.24) is 15.1 Å². The number of para-hydroxylation sites is 1. The van der Waals surface area contributed by atoms with Gasteiger partial charge in [0.05, 0.1) is 24.5 Å². The second-order valence-electron chi connectivity index (χ2n) is 4.80.